The van der Waals surface area contributed by atoms with Crippen LogP contribution < -0.4 is 5.73 Å². The van der Waals surface area contributed by atoms with Gasteiger partial charge in [-0.15, -0.1) is 11.3 Å². The average molecular weight is 281 g/mol. The molecule has 4 heteroatoms. The van der Waals surface area contributed by atoms with E-state index in [2.05, 4.69) is 48.2 Å². The van der Waals surface area contributed by atoms with Crippen LogP contribution in [0.5, 0.6) is 0 Å². The molecule has 0 atom stereocenters. The van der Waals surface area contributed by atoms with Crippen molar-refractivity contribution < 1.29 is 0 Å². The summed E-state index contributed by atoms with van der Waals surface area (Å²) in [6.45, 7) is 8.69. The van der Waals surface area contributed by atoms with Gasteiger partial charge < -0.3 is 10.6 Å². The third-order valence-corrected chi connectivity index (χ3v) is 5.48. The van der Waals surface area contributed by atoms with Gasteiger partial charge in [0.1, 0.15) is 0 Å². The molecule has 3 nitrogen and oxygen atoms in total. The predicted octanol–water partition coefficient (Wildman–Crippen LogP) is 2.38. The Bertz CT molecular complexity index is 367. The third kappa shape index (κ3) is 3.37. The van der Waals surface area contributed by atoms with Gasteiger partial charge in [-0.3, -0.25) is 4.90 Å². The Morgan fingerprint density at radius 3 is 2.58 bits per heavy atom. The molecule has 0 radical (unpaired) electrons. The lowest BCUT2D eigenvalue weighted by Gasteiger charge is -2.47. The van der Waals surface area contributed by atoms with Crippen molar-refractivity contribution in [1.82, 2.24) is 9.80 Å². The van der Waals surface area contributed by atoms with Gasteiger partial charge in [0.15, 0.2) is 0 Å². The Kier molecular flexibility index (Phi) is 5.01. The molecule has 1 fully saturated rings. The molecule has 1 aromatic heterocycles. The summed E-state index contributed by atoms with van der Waals surface area (Å²) in [6, 6.07) is 5.00. The van der Waals surface area contributed by atoms with Gasteiger partial charge in [0.2, 0.25) is 0 Å². The Morgan fingerprint density at radius 2 is 2.11 bits per heavy atom. The smallest absolute Gasteiger partial charge is 0.0356 e. The highest BCUT2D eigenvalue weighted by atomic mass is 32.1. The van der Waals surface area contributed by atoms with Crippen LogP contribution in [0.15, 0.2) is 17.5 Å². The molecule has 1 aliphatic rings. The maximum atomic E-state index is 6.13. The summed E-state index contributed by atoms with van der Waals surface area (Å²) in [7, 11) is 2.23. The summed E-state index contributed by atoms with van der Waals surface area (Å²) in [5, 5.41) is 2.15. The average Bonchev–Trinajstić information content (AvgIpc) is 2.91. The highest BCUT2D eigenvalue weighted by molar-refractivity contribution is 7.09. The highest BCUT2D eigenvalue weighted by Crippen LogP contribution is 2.29. The first-order chi connectivity index (χ1) is 9.07. The van der Waals surface area contributed by atoms with E-state index in [1.54, 1.807) is 0 Å². The monoisotopic (exact) mass is 281 g/mol. The first-order valence-electron chi connectivity index (χ1n) is 7.25. The Hall–Kier alpha value is -0.420. The first-order valence-corrected chi connectivity index (χ1v) is 8.13. The van der Waals surface area contributed by atoms with Crippen LogP contribution in [0.4, 0.5) is 0 Å². The number of likely N-dealkylation sites (tertiary alicyclic amines) is 1. The third-order valence-electron chi connectivity index (χ3n) is 4.62. The van der Waals surface area contributed by atoms with E-state index in [9.17, 15) is 0 Å². The van der Waals surface area contributed by atoms with Crippen LogP contribution in [-0.4, -0.2) is 48.1 Å². The summed E-state index contributed by atoms with van der Waals surface area (Å²) in [6.07, 6.45) is 2.37. The molecule has 19 heavy (non-hydrogen) atoms. The second kappa shape index (κ2) is 6.35. The van der Waals surface area contributed by atoms with E-state index in [4.69, 9.17) is 5.73 Å². The second-order valence-corrected chi connectivity index (χ2v) is 7.03. The van der Waals surface area contributed by atoms with Crippen LogP contribution in [-0.2, 0) is 6.54 Å². The summed E-state index contributed by atoms with van der Waals surface area (Å²) < 4.78 is 0. The number of nitrogens with zero attached hydrogens (tertiary/aromatic N) is 2. The fourth-order valence-electron chi connectivity index (χ4n) is 3.00. The SMILES string of the molecule is CC(C)N1CCC(CN)(N(C)Cc2cccs2)CC1. The molecule has 2 heterocycles. The van der Waals surface area contributed by atoms with Crippen LogP contribution in [0.1, 0.15) is 31.6 Å². The minimum atomic E-state index is 0.190. The van der Waals surface area contributed by atoms with Gasteiger partial charge in [-0.05, 0) is 45.2 Å². The minimum Gasteiger partial charge on any atom is -0.329 e. The molecule has 1 saturated heterocycles. The van der Waals surface area contributed by atoms with Crippen LogP contribution in [0, 0.1) is 0 Å². The maximum absolute atomic E-state index is 6.13. The maximum Gasteiger partial charge on any atom is 0.0356 e. The Morgan fingerprint density at radius 1 is 1.42 bits per heavy atom. The van der Waals surface area contributed by atoms with E-state index in [0.29, 0.717) is 6.04 Å². The summed E-state index contributed by atoms with van der Waals surface area (Å²) in [5.41, 5.74) is 6.32. The van der Waals surface area contributed by atoms with Crippen molar-refractivity contribution in [1.29, 1.82) is 0 Å². The van der Waals surface area contributed by atoms with Crippen molar-refractivity contribution in [2.24, 2.45) is 5.73 Å². The predicted molar refractivity (Wildman–Crippen MR) is 83.5 cm³/mol. The quantitative estimate of drug-likeness (QED) is 0.899. The topological polar surface area (TPSA) is 32.5 Å². The largest absolute Gasteiger partial charge is 0.329 e. The number of rotatable bonds is 5. The molecule has 0 unspecified atom stereocenters. The fourth-order valence-corrected chi connectivity index (χ4v) is 3.76. The molecule has 1 aliphatic heterocycles. The van der Waals surface area contributed by atoms with Crippen molar-refractivity contribution in [3.05, 3.63) is 22.4 Å². The van der Waals surface area contributed by atoms with E-state index in [1.807, 2.05) is 11.3 Å². The van der Waals surface area contributed by atoms with E-state index in [-0.39, 0.29) is 5.54 Å². The van der Waals surface area contributed by atoms with E-state index < -0.39 is 0 Å². The molecule has 2 rings (SSSR count). The van der Waals surface area contributed by atoms with Crippen molar-refractivity contribution in [2.45, 2.75) is 44.8 Å². The van der Waals surface area contributed by atoms with Gasteiger partial charge in [0.05, 0.1) is 0 Å². The van der Waals surface area contributed by atoms with Crippen LogP contribution in [0.2, 0.25) is 0 Å². The molecular formula is C15H27N3S. The molecule has 1 aromatic rings. The van der Waals surface area contributed by atoms with Crippen molar-refractivity contribution in [3.63, 3.8) is 0 Å². The van der Waals surface area contributed by atoms with Gasteiger partial charge in [0.25, 0.3) is 0 Å². The van der Waals surface area contributed by atoms with Crippen molar-refractivity contribution in [3.8, 4) is 0 Å². The number of thiophene rings is 1. The molecule has 0 bridgehead atoms. The Balaban J connectivity index is 1.99. The van der Waals surface area contributed by atoms with Crippen molar-refractivity contribution >= 4 is 11.3 Å². The molecule has 0 saturated carbocycles. The van der Waals surface area contributed by atoms with E-state index >= 15 is 0 Å². The zero-order valence-electron chi connectivity index (χ0n) is 12.4. The van der Waals surface area contributed by atoms with Crippen LogP contribution >= 0.6 is 11.3 Å². The fraction of sp³-hybridized carbons (Fsp3) is 0.733. The van der Waals surface area contributed by atoms with Crippen molar-refractivity contribution in [2.75, 3.05) is 26.7 Å². The van der Waals surface area contributed by atoms with Gasteiger partial charge in [-0.1, -0.05) is 6.07 Å². The first kappa shape index (κ1) is 15.0. The zero-order chi connectivity index (χ0) is 13.9. The van der Waals surface area contributed by atoms with E-state index in [1.165, 1.54) is 30.8 Å². The molecule has 0 aromatic carbocycles. The van der Waals surface area contributed by atoms with Gasteiger partial charge in [-0.25, -0.2) is 0 Å². The van der Waals surface area contributed by atoms with Crippen LogP contribution in [0.25, 0.3) is 0 Å². The van der Waals surface area contributed by atoms with Gasteiger partial charge in [-0.2, -0.15) is 0 Å². The zero-order valence-corrected chi connectivity index (χ0v) is 13.2. The number of hydrogen-bond donors (Lipinski definition) is 1. The summed E-state index contributed by atoms with van der Waals surface area (Å²) >= 11 is 1.84. The number of likely N-dealkylation sites (N-methyl/N-ethyl adjacent to an activating group) is 1. The molecule has 0 aliphatic carbocycles. The molecule has 0 spiro atoms. The van der Waals surface area contributed by atoms with Gasteiger partial charge in [0, 0.05) is 42.6 Å². The Labute approximate surface area is 121 Å². The lowest BCUT2D eigenvalue weighted by Crippen LogP contribution is -2.58. The molecule has 2 N–H and O–H groups in total. The lowest BCUT2D eigenvalue weighted by molar-refractivity contribution is 0.0303. The van der Waals surface area contributed by atoms with Gasteiger partial charge >= 0.3 is 0 Å². The number of piperidine rings is 1. The number of nitrogens with two attached hydrogens (primary N) is 1. The lowest BCUT2D eigenvalue weighted by atomic mass is 9.85. The number of hydrogen-bond acceptors (Lipinski definition) is 4. The second-order valence-electron chi connectivity index (χ2n) is 5.99. The molecular weight excluding hydrogens is 254 g/mol. The molecule has 108 valence electrons. The summed E-state index contributed by atoms with van der Waals surface area (Å²) in [4.78, 5) is 6.48. The standard InChI is InChI=1S/C15H27N3S/c1-13(2)18-8-6-15(12-16,7-9-18)17(3)11-14-5-4-10-19-14/h4-5,10,13H,6-9,11-12,16H2,1-3H3. The van der Waals surface area contributed by atoms with E-state index in [0.717, 1.165) is 13.1 Å². The summed E-state index contributed by atoms with van der Waals surface area (Å²) in [5.74, 6) is 0. The highest BCUT2D eigenvalue weighted by Gasteiger charge is 2.37. The van der Waals surface area contributed by atoms with Crippen LogP contribution in [0.3, 0.4) is 0 Å². The minimum absolute atomic E-state index is 0.190. The molecule has 0 amide bonds. The normalized spacial score (nSPS) is 20.3.